The Labute approximate surface area is 131 Å². The molecular formula is C17H14F3NO2. The van der Waals surface area contributed by atoms with Crippen LogP contribution in [-0.4, -0.2) is 16.6 Å². The van der Waals surface area contributed by atoms with Crippen LogP contribution in [0.4, 0.5) is 13.2 Å². The van der Waals surface area contributed by atoms with E-state index in [-0.39, 0.29) is 24.3 Å². The maximum absolute atomic E-state index is 12.9. The number of nitrogens with zero attached hydrogens (tertiary/aromatic N) is 1. The average Bonchev–Trinajstić information content (AvgIpc) is 2.52. The monoisotopic (exact) mass is 321 g/mol. The van der Waals surface area contributed by atoms with Gasteiger partial charge in [-0.3, -0.25) is 14.6 Å². The van der Waals surface area contributed by atoms with E-state index in [0.29, 0.717) is 5.56 Å². The molecule has 0 N–H and O–H groups in total. The van der Waals surface area contributed by atoms with E-state index in [2.05, 4.69) is 4.98 Å². The van der Waals surface area contributed by atoms with E-state index in [1.165, 1.54) is 18.3 Å². The van der Waals surface area contributed by atoms with E-state index < -0.39 is 23.1 Å². The van der Waals surface area contributed by atoms with Crippen molar-refractivity contribution in [2.75, 3.05) is 0 Å². The van der Waals surface area contributed by atoms with Gasteiger partial charge in [0.1, 0.15) is 5.69 Å². The molecule has 23 heavy (non-hydrogen) atoms. The minimum Gasteiger partial charge on any atom is -0.294 e. The highest BCUT2D eigenvalue weighted by atomic mass is 19.4. The molecule has 0 unspecified atom stereocenters. The van der Waals surface area contributed by atoms with Crippen LogP contribution in [0.3, 0.4) is 0 Å². The molecule has 2 rings (SSSR count). The minimum atomic E-state index is -4.60. The first-order valence-corrected chi connectivity index (χ1v) is 6.95. The second kappa shape index (κ2) is 6.73. The lowest BCUT2D eigenvalue weighted by atomic mass is 9.98. The summed E-state index contributed by atoms with van der Waals surface area (Å²) in [5, 5.41) is 0. The molecule has 1 heterocycles. The van der Waals surface area contributed by atoms with Gasteiger partial charge in [-0.05, 0) is 24.6 Å². The maximum atomic E-state index is 12.9. The molecule has 6 heteroatoms. The van der Waals surface area contributed by atoms with Gasteiger partial charge in [0.15, 0.2) is 11.6 Å². The molecule has 0 saturated heterocycles. The summed E-state index contributed by atoms with van der Waals surface area (Å²) in [6.07, 6.45) is -3.61. The molecule has 0 spiro atoms. The number of hydrogen-bond donors (Lipinski definition) is 0. The van der Waals surface area contributed by atoms with Crippen molar-refractivity contribution < 1.29 is 22.8 Å². The summed E-state index contributed by atoms with van der Waals surface area (Å²) < 4.78 is 38.7. The molecule has 1 aromatic heterocycles. The van der Waals surface area contributed by atoms with Gasteiger partial charge < -0.3 is 0 Å². The van der Waals surface area contributed by atoms with Crippen LogP contribution in [0.25, 0.3) is 0 Å². The first-order valence-electron chi connectivity index (χ1n) is 6.95. The van der Waals surface area contributed by atoms with E-state index in [0.717, 1.165) is 12.1 Å². The molecule has 1 aromatic carbocycles. The number of carbonyl (C=O) groups excluding carboxylic acids is 2. The summed E-state index contributed by atoms with van der Waals surface area (Å²) in [7, 11) is 0. The molecule has 120 valence electrons. The van der Waals surface area contributed by atoms with Crippen molar-refractivity contribution in [3.63, 3.8) is 0 Å². The zero-order valence-electron chi connectivity index (χ0n) is 12.4. The summed E-state index contributed by atoms with van der Waals surface area (Å²) in [5.74, 6) is -1.07. The summed E-state index contributed by atoms with van der Waals surface area (Å²) in [6, 6.07) is 7.96. The third-order valence-electron chi connectivity index (χ3n) is 3.39. The standard InChI is InChI=1S/C17H14F3NO2/c1-11-5-4-10-21-16(11)15(23)9-8-14(22)12-6-2-3-7-13(12)17(18,19)20/h2-7,10H,8-9H2,1H3. The van der Waals surface area contributed by atoms with Crippen molar-refractivity contribution in [2.45, 2.75) is 25.9 Å². The third-order valence-corrected chi connectivity index (χ3v) is 3.39. The molecule has 0 atom stereocenters. The zero-order valence-corrected chi connectivity index (χ0v) is 12.4. The van der Waals surface area contributed by atoms with E-state index in [4.69, 9.17) is 0 Å². The van der Waals surface area contributed by atoms with Gasteiger partial charge in [0.2, 0.25) is 0 Å². The number of aryl methyl sites for hydroxylation is 1. The largest absolute Gasteiger partial charge is 0.417 e. The lowest BCUT2D eigenvalue weighted by Crippen LogP contribution is -2.14. The summed E-state index contributed by atoms with van der Waals surface area (Å²) in [5.41, 5.74) is -0.484. The highest BCUT2D eigenvalue weighted by Gasteiger charge is 2.34. The van der Waals surface area contributed by atoms with Crippen molar-refractivity contribution in [3.05, 3.63) is 65.0 Å². The number of pyridine rings is 1. The number of ketones is 2. The van der Waals surface area contributed by atoms with E-state index in [1.807, 2.05) is 0 Å². The lowest BCUT2D eigenvalue weighted by molar-refractivity contribution is -0.137. The van der Waals surface area contributed by atoms with Crippen molar-refractivity contribution in [1.29, 1.82) is 0 Å². The summed E-state index contributed by atoms with van der Waals surface area (Å²) in [4.78, 5) is 28.1. The number of benzene rings is 1. The Morgan fingerprint density at radius 3 is 2.30 bits per heavy atom. The van der Waals surface area contributed by atoms with Crippen LogP contribution in [0.2, 0.25) is 0 Å². The number of halogens is 3. The van der Waals surface area contributed by atoms with Gasteiger partial charge in [0.05, 0.1) is 5.56 Å². The highest BCUT2D eigenvalue weighted by molar-refractivity contribution is 6.02. The first-order chi connectivity index (χ1) is 10.8. The van der Waals surface area contributed by atoms with Crippen LogP contribution < -0.4 is 0 Å². The highest BCUT2D eigenvalue weighted by Crippen LogP contribution is 2.32. The van der Waals surface area contributed by atoms with Crippen molar-refractivity contribution in [3.8, 4) is 0 Å². The van der Waals surface area contributed by atoms with Gasteiger partial charge in [-0.15, -0.1) is 0 Å². The van der Waals surface area contributed by atoms with Crippen LogP contribution in [-0.2, 0) is 6.18 Å². The number of Topliss-reactive ketones (excluding diaryl/α,β-unsaturated/α-hetero) is 2. The Morgan fingerprint density at radius 2 is 1.65 bits per heavy atom. The maximum Gasteiger partial charge on any atom is 0.417 e. The first kappa shape index (κ1) is 16.9. The predicted octanol–water partition coefficient (Wildman–Crippen LogP) is 4.25. The van der Waals surface area contributed by atoms with E-state index in [1.54, 1.807) is 19.1 Å². The van der Waals surface area contributed by atoms with Gasteiger partial charge in [0.25, 0.3) is 0 Å². The number of rotatable bonds is 5. The molecule has 0 bridgehead atoms. The average molecular weight is 321 g/mol. The normalized spacial score (nSPS) is 11.3. The fourth-order valence-corrected chi connectivity index (χ4v) is 2.23. The molecule has 0 aliphatic rings. The predicted molar refractivity (Wildman–Crippen MR) is 78.3 cm³/mol. The molecule has 2 aromatic rings. The zero-order chi connectivity index (χ0) is 17.0. The Balaban J connectivity index is 2.12. The number of hydrogen-bond acceptors (Lipinski definition) is 3. The van der Waals surface area contributed by atoms with Gasteiger partial charge in [-0.1, -0.05) is 24.3 Å². The topological polar surface area (TPSA) is 47.0 Å². The molecule has 0 amide bonds. The van der Waals surface area contributed by atoms with Crippen molar-refractivity contribution >= 4 is 11.6 Å². The quantitative estimate of drug-likeness (QED) is 0.773. The Kier molecular flexibility index (Phi) is 4.93. The molecule has 0 aliphatic carbocycles. The van der Waals surface area contributed by atoms with Gasteiger partial charge in [-0.25, -0.2) is 0 Å². The minimum absolute atomic E-state index is 0.178. The Bertz CT molecular complexity index is 739. The summed E-state index contributed by atoms with van der Waals surface area (Å²) >= 11 is 0. The summed E-state index contributed by atoms with van der Waals surface area (Å²) in [6.45, 7) is 1.71. The molecular weight excluding hydrogens is 307 g/mol. The smallest absolute Gasteiger partial charge is 0.294 e. The molecule has 0 fully saturated rings. The molecule has 0 aliphatic heterocycles. The van der Waals surface area contributed by atoms with Crippen molar-refractivity contribution in [2.24, 2.45) is 0 Å². The van der Waals surface area contributed by atoms with Crippen molar-refractivity contribution in [1.82, 2.24) is 4.98 Å². The van der Waals surface area contributed by atoms with Gasteiger partial charge >= 0.3 is 6.18 Å². The molecule has 0 radical (unpaired) electrons. The molecule has 0 saturated carbocycles. The van der Waals surface area contributed by atoms with Crippen LogP contribution >= 0.6 is 0 Å². The Hall–Kier alpha value is -2.50. The van der Waals surface area contributed by atoms with Gasteiger partial charge in [-0.2, -0.15) is 13.2 Å². The van der Waals surface area contributed by atoms with E-state index >= 15 is 0 Å². The fraction of sp³-hybridized carbons (Fsp3) is 0.235. The van der Waals surface area contributed by atoms with Crippen LogP contribution in [0.1, 0.15) is 44.8 Å². The number of aromatic nitrogens is 1. The second-order valence-corrected chi connectivity index (χ2v) is 5.06. The van der Waals surface area contributed by atoms with E-state index in [9.17, 15) is 22.8 Å². The Morgan fingerprint density at radius 1 is 1.00 bits per heavy atom. The third kappa shape index (κ3) is 4.03. The van der Waals surface area contributed by atoms with Crippen LogP contribution in [0.15, 0.2) is 42.6 Å². The van der Waals surface area contributed by atoms with Gasteiger partial charge in [0, 0.05) is 24.6 Å². The molecule has 3 nitrogen and oxygen atoms in total. The fourth-order valence-electron chi connectivity index (χ4n) is 2.23. The second-order valence-electron chi connectivity index (χ2n) is 5.06. The number of alkyl halides is 3. The SMILES string of the molecule is Cc1cccnc1C(=O)CCC(=O)c1ccccc1C(F)(F)F. The number of carbonyl (C=O) groups is 2. The van der Waals surface area contributed by atoms with Crippen LogP contribution in [0.5, 0.6) is 0 Å². The lowest BCUT2D eigenvalue weighted by Gasteiger charge is -2.11. The van der Waals surface area contributed by atoms with Crippen LogP contribution in [0, 0.1) is 6.92 Å².